The highest BCUT2D eigenvalue weighted by Crippen LogP contribution is 2.27. The van der Waals surface area contributed by atoms with Crippen LogP contribution in [0, 0.1) is 10.1 Å². The minimum Gasteiger partial charge on any atom is -0.327 e. The van der Waals surface area contributed by atoms with Gasteiger partial charge in [0.15, 0.2) is 0 Å². The molecule has 0 aliphatic carbocycles. The van der Waals surface area contributed by atoms with E-state index in [4.69, 9.17) is 17.3 Å². The number of nitro benzene ring substituents is 1. The average Bonchev–Trinajstić information content (AvgIpc) is 2.41. The maximum atomic E-state index is 10.7. The topological polar surface area (TPSA) is 72.4 Å². The first-order valence-corrected chi connectivity index (χ1v) is 7.29. The van der Waals surface area contributed by atoms with Gasteiger partial charge >= 0.3 is 0 Å². The van der Waals surface area contributed by atoms with Gasteiger partial charge in [-0.15, -0.1) is 12.4 Å². The molecule has 1 aromatic rings. The van der Waals surface area contributed by atoms with Crippen LogP contribution in [-0.4, -0.2) is 28.5 Å². The summed E-state index contributed by atoms with van der Waals surface area (Å²) in [5, 5.41) is 11.2. The fourth-order valence-electron chi connectivity index (χ4n) is 2.81. The fourth-order valence-corrected chi connectivity index (χ4v) is 3.04. The summed E-state index contributed by atoms with van der Waals surface area (Å²) in [4.78, 5) is 12.6. The number of nitrogens with zero attached hydrogens (tertiary/aromatic N) is 2. The van der Waals surface area contributed by atoms with Gasteiger partial charge in [-0.25, -0.2) is 0 Å². The molecule has 1 aliphatic rings. The zero-order chi connectivity index (χ0) is 14.7. The Morgan fingerprint density at radius 2 is 2.24 bits per heavy atom. The average molecular weight is 334 g/mol. The molecule has 1 aromatic carbocycles. The number of piperidine rings is 1. The highest BCUT2D eigenvalue weighted by molar-refractivity contribution is 6.31. The lowest BCUT2D eigenvalue weighted by molar-refractivity contribution is -0.384. The monoisotopic (exact) mass is 333 g/mol. The van der Waals surface area contributed by atoms with Crippen LogP contribution >= 0.6 is 24.0 Å². The third kappa shape index (κ3) is 4.54. The van der Waals surface area contributed by atoms with Gasteiger partial charge in [0.2, 0.25) is 0 Å². The summed E-state index contributed by atoms with van der Waals surface area (Å²) in [6, 6.07) is 5.14. The van der Waals surface area contributed by atoms with Crippen LogP contribution in [0.4, 0.5) is 5.69 Å². The van der Waals surface area contributed by atoms with Gasteiger partial charge in [0.1, 0.15) is 0 Å². The molecule has 2 atom stereocenters. The third-order valence-electron chi connectivity index (χ3n) is 3.89. The van der Waals surface area contributed by atoms with Crippen molar-refractivity contribution in [3.05, 3.63) is 38.9 Å². The normalized spacial score (nSPS) is 20.6. The minimum absolute atomic E-state index is 0. The standard InChI is InChI=1S/C14H20ClN3O2.ClH/c1-10(16)14-4-2-3-7-17(14)9-11-5-6-12(18(19)20)8-13(11)15;/h5-6,8,10,14H,2-4,7,9,16H2,1H3;1H. The summed E-state index contributed by atoms with van der Waals surface area (Å²) in [5.74, 6) is 0. The van der Waals surface area contributed by atoms with Gasteiger partial charge in [-0.3, -0.25) is 15.0 Å². The summed E-state index contributed by atoms with van der Waals surface area (Å²) in [6.07, 6.45) is 3.47. The van der Waals surface area contributed by atoms with Crippen molar-refractivity contribution < 1.29 is 4.92 Å². The first kappa shape index (κ1) is 18.2. The molecule has 118 valence electrons. The Kier molecular flexibility index (Phi) is 6.87. The van der Waals surface area contributed by atoms with E-state index in [9.17, 15) is 10.1 Å². The number of hydrogen-bond acceptors (Lipinski definition) is 4. The van der Waals surface area contributed by atoms with Crippen molar-refractivity contribution in [3.63, 3.8) is 0 Å². The van der Waals surface area contributed by atoms with E-state index in [1.165, 1.54) is 18.6 Å². The lowest BCUT2D eigenvalue weighted by Gasteiger charge is -2.38. The zero-order valence-corrected chi connectivity index (χ0v) is 13.6. The van der Waals surface area contributed by atoms with Crippen molar-refractivity contribution in [2.75, 3.05) is 6.54 Å². The summed E-state index contributed by atoms with van der Waals surface area (Å²) in [5.41, 5.74) is 7.00. The van der Waals surface area contributed by atoms with E-state index in [1.54, 1.807) is 6.07 Å². The number of likely N-dealkylation sites (tertiary alicyclic amines) is 1. The van der Waals surface area contributed by atoms with E-state index in [0.717, 1.165) is 24.9 Å². The molecular formula is C14H21Cl2N3O2. The number of benzene rings is 1. The molecule has 21 heavy (non-hydrogen) atoms. The van der Waals surface area contributed by atoms with Crippen LogP contribution in [-0.2, 0) is 6.54 Å². The number of halogens is 2. The number of nitrogens with two attached hydrogens (primary N) is 1. The molecule has 2 N–H and O–H groups in total. The molecule has 5 nitrogen and oxygen atoms in total. The van der Waals surface area contributed by atoms with Gasteiger partial charge in [-0.05, 0) is 37.9 Å². The number of nitro groups is 1. The van der Waals surface area contributed by atoms with Crippen molar-refractivity contribution in [2.45, 2.75) is 44.8 Å². The molecule has 1 saturated heterocycles. The Balaban J connectivity index is 0.00000220. The summed E-state index contributed by atoms with van der Waals surface area (Å²) >= 11 is 6.16. The highest BCUT2D eigenvalue weighted by atomic mass is 35.5. The molecule has 7 heteroatoms. The van der Waals surface area contributed by atoms with Gasteiger partial charge in [-0.2, -0.15) is 0 Å². The van der Waals surface area contributed by atoms with E-state index in [0.29, 0.717) is 17.6 Å². The van der Waals surface area contributed by atoms with Crippen molar-refractivity contribution in [3.8, 4) is 0 Å². The van der Waals surface area contributed by atoms with Crippen molar-refractivity contribution in [2.24, 2.45) is 5.73 Å². The second-order valence-corrected chi connectivity index (χ2v) is 5.83. The van der Waals surface area contributed by atoms with E-state index < -0.39 is 4.92 Å². The molecule has 0 amide bonds. The maximum Gasteiger partial charge on any atom is 0.270 e. The third-order valence-corrected chi connectivity index (χ3v) is 4.24. The SMILES string of the molecule is CC(N)C1CCCCN1Cc1ccc([N+](=O)[O-])cc1Cl.Cl. The molecule has 0 saturated carbocycles. The van der Waals surface area contributed by atoms with E-state index >= 15 is 0 Å². The van der Waals surface area contributed by atoms with Gasteiger partial charge in [0, 0.05) is 30.8 Å². The Hall–Kier alpha value is -0.880. The smallest absolute Gasteiger partial charge is 0.270 e. The Bertz CT molecular complexity index is 497. The zero-order valence-electron chi connectivity index (χ0n) is 12.0. The maximum absolute atomic E-state index is 10.7. The van der Waals surface area contributed by atoms with E-state index in [1.807, 2.05) is 6.92 Å². The van der Waals surface area contributed by atoms with Gasteiger partial charge in [0.05, 0.1) is 9.95 Å². The predicted molar refractivity (Wildman–Crippen MR) is 87.1 cm³/mol. The molecule has 1 aliphatic heterocycles. The summed E-state index contributed by atoms with van der Waals surface area (Å²) < 4.78 is 0. The molecule has 2 unspecified atom stereocenters. The molecule has 0 radical (unpaired) electrons. The number of hydrogen-bond donors (Lipinski definition) is 1. The molecule has 2 rings (SSSR count). The first-order chi connectivity index (χ1) is 9.49. The predicted octanol–water partition coefficient (Wildman–Crippen LogP) is 3.37. The molecule has 0 bridgehead atoms. The van der Waals surface area contributed by atoms with Crippen molar-refractivity contribution in [1.82, 2.24) is 4.90 Å². The second kappa shape index (κ2) is 7.94. The molecular weight excluding hydrogens is 313 g/mol. The highest BCUT2D eigenvalue weighted by Gasteiger charge is 2.26. The first-order valence-electron chi connectivity index (χ1n) is 6.91. The fraction of sp³-hybridized carbons (Fsp3) is 0.571. The largest absolute Gasteiger partial charge is 0.327 e. The minimum atomic E-state index is -0.429. The van der Waals surface area contributed by atoms with Gasteiger partial charge in [0.25, 0.3) is 5.69 Å². The quantitative estimate of drug-likeness (QED) is 0.677. The van der Waals surface area contributed by atoms with Gasteiger partial charge < -0.3 is 5.73 Å². The van der Waals surface area contributed by atoms with Crippen LogP contribution in [0.15, 0.2) is 18.2 Å². The van der Waals surface area contributed by atoms with Crippen LogP contribution < -0.4 is 5.73 Å². The van der Waals surface area contributed by atoms with E-state index in [-0.39, 0.29) is 24.1 Å². The van der Waals surface area contributed by atoms with Crippen LogP contribution in [0.25, 0.3) is 0 Å². The van der Waals surface area contributed by atoms with Crippen LogP contribution in [0.2, 0.25) is 5.02 Å². The molecule has 1 fully saturated rings. The van der Waals surface area contributed by atoms with Crippen LogP contribution in [0.5, 0.6) is 0 Å². The molecule has 0 spiro atoms. The van der Waals surface area contributed by atoms with Crippen molar-refractivity contribution in [1.29, 1.82) is 0 Å². The Morgan fingerprint density at radius 3 is 2.81 bits per heavy atom. The number of non-ortho nitro benzene ring substituents is 1. The lowest BCUT2D eigenvalue weighted by Crippen LogP contribution is -2.48. The van der Waals surface area contributed by atoms with Gasteiger partial charge in [-0.1, -0.05) is 18.0 Å². The number of rotatable bonds is 4. The summed E-state index contributed by atoms with van der Waals surface area (Å²) in [6.45, 7) is 3.73. The molecule has 0 aromatic heterocycles. The second-order valence-electron chi connectivity index (χ2n) is 5.43. The van der Waals surface area contributed by atoms with Crippen molar-refractivity contribution >= 4 is 29.7 Å². The van der Waals surface area contributed by atoms with Crippen LogP contribution in [0.1, 0.15) is 31.7 Å². The Morgan fingerprint density at radius 1 is 1.52 bits per heavy atom. The van der Waals surface area contributed by atoms with Crippen LogP contribution in [0.3, 0.4) is 0 Å². The Labute approximate surface area is 136 Å². The lowest BCUT2D eigenvalue weighted by atomic mass is 9.96. The molecule has 1 heterocycles. The summed E-state index contributed by atoms with van der Waals surface area (Å²) in [7, 11) is 0. The van der Waals surface area contributed by atoms with E-state index in [2.05, 4.69) is 4.90 Å².